The second-order valence-corrected chi connectivity index (χ2v) is 1.69. The van der Waals surface area contributed by atoms with Crippen LogP contribution in [0.25, 0.3) is 0 Å². The maximum Gasteiger partial charge on any atom is 1.00 e. The van der Waals surface area contributed by atoms with E-state index in [2.05, 4.69) is 0 Å². The van der Waals surface area contributed by atoms with Gasteiger partial charge in [0.25, 0.3) is 0 Å². The zero-order valence-electron chi connectivity index (χ0n) is 14.0. The molecule has 0 heterocycles. The Labute approximate surface area is 197 Å². The number of rotatable bonds is 0. The number of hydrogen-bond donors (Lipinski definition) is 13. The van der Waals surface area contributed by atoms with Gasteiger partial charge < -0.3 is 103 Å². The van der Waals surface area contributed by atoms with Crippen molar-refractivity contribution in [1.29, 1.82) is 0 Å². The van der Waals surface area contributed by atoms with E-state index in [9.17, 15) is 0 Å². The Kier molecular flexibility index (Phi) is 208. The van der Waals surface area contributed by atoms with Gasteiger partial charge in [0.05, 0.1) is 7.32 Å². The standard InChI is InChI=1S/4BH3O3.BHO3.2Na.5H2O/c5*2-1(3)4;;;;;;;/h4*2-4H;2H;;;5*1H2/q;;;;-2;2*+1;;;;;. The Hall–Kier alpha value is 1.52. The van der Waals surface area contributed by atoms with Crippen molar-refractivity contribution in [1.82, 2.24) is 0 Å². The van der Waals surface area contributed by atoms with Gasteiger partial charge in [-0.05, 0) is 0 Å². The van der Waals surface area contributed by atoms with Gasteiger partial charge in [0, 0.05) is 0 Å². The summed E-state index contributed by atoms with van der Waals surface area (Å²) in [6, 6.07) is 0. The SMILES string of the molecule is O.O.O.O.O.OB(O)O.OB(O)O.OB(O)O.OB(O)O.[Na+].[Na+].[O-]B([O-])O. The van der Waals surface area contributed by atoms with Crippen molar-refractivity contribution in [3.63, 3.8) is 0 Å². The molecule has 160 valence electrons. The Balaban J connectivity index is -0.00000000978. The fourth-order valence-corrected chi connectivity index (χ4v) is 0. The van der Waals surface area contributed by atoms with E-state index in [-0.39, 0.29) is 86.5 Å². The molecule has 0 amide bonds. The van der Waals surface area contributed by atoms with Crippen LogP contribution in [-0.4, -0.2) is 129 Å². The molecule has 0 spiro atoms. The largest absolute Gasteiger partial charge is 1.00 e. The summed E-state index contributed by atoms with van der Waals surface area (Å²) in [7, 11) is -11.3. The molecule has 27 heteroatoms. The molecule has 0 aliphatic carbocycles. The van der Waals surface area contributed by atoms with Crippen LogP contribution in [0.1, 0.15) is 0 Å². The van der Waals surface area contributed by atoms with Crippen molar-refractivity contribution in [3.05, 3.63) is 0 Å². The monoisotopic (exact) mass is 444 g/mol. The first-order valence-electron chi connectivity index (χ1n) is 3.83. The molecule has 23 N–H and O–H groups in total. The van der Waals surface area contributed by atoms with E-state index in [1.54, 1.807) is 0 Å². The van der Waals surface area contributed by atoms with Gasteiger partial charge in [0.2, 0.25) is 0 Å². The molecule has 0 rings (SSSR count). The van der Waals surface area contributed by atoms with Gasteiger partial charge in [0.1, 0.15) is 0 Å². The molecular weight excluding hydrogens is 420 g/mol. The molecule has 0 aromatic carbocycles. The molecule has 0 fully saturated rings. The molecule has 0 bridgehead atoms. The van der Waals surface area contributed by atoms with E-state index in [1.807, 2.05) is 0 Å². The average molecular weight is 443 g/mol. The first-order valence-corrected chi connectivity index (χ1v) is 3.83. The van der Waals surface area contributed by atoms with E-state index >= 15 is 0 Å². The van der Waals surface area contributed by atoms with E-state index in [0.29, 0.717) is 0 Å². The first kappa shape index (κ1) is 79.1. The van der Waals surface area contributed by atoms with Gasteiger partial charge in [-0.1, -0.05) is 0 Å². The second-order valence-electron chi connectivity index (χ2n) is 1.69. The van der Waals surface area contributed by atoms with Gasteiger partial charge in [-0.3, -0.25) is 0 Å². The van der Waals surface area contributed by atoms with Gasteiger partial charge in [0.15, 0.2) is 0 Å². The normalized spacial score (nSPS) is 5.00. The molecular formula is H23B5Na2O20. The zero-order valence-corrected chi connectivity index (χ0v) is 18.0. The zero-order chi connectivity index (χ0) is 17.9. The Morgan fingerprint density at radius 2 is 0.333 bits per heavy atom. The summed E-state index contributed by atoms with van der Waals surface area (Å²) in [5.41, 5.74) is 0. The molecule has 0 aliphatic rings. The molecule has 0 unspecified atom stereocenters. The Morgan fingerprint density at radius 1 is 0.333 bits per heavy atom. The quantitative estimate of drug-likeness (QED) is 0.154. The fraction of sp³-hybridized carbons (Fsp3) is 0. The van der Waals surface area contributed by atoms with Crippen molar-refractivity contribution >= 4 is 36.6 Å². The van der Waals surface area contributed by atoms with Gasteiger partial charge in [-0.2, -0.15) is 0 Å². The van der Waals surface area contributed by atoms with Crippen LogP contribution in [0.5, 0.6) is 0 Å². The summed E-state index contributed by atoms with van der Waals surface area (Å²) < 4.78 is 0. The molecule has 0 radical (unpaired) electrons. The molecule has 0 aliphatic heterocycles. The maximum atomic E-state index is 8.53. The number of hydrogen-bond acceptors (Lipinski definition) is 15. The van der Waals surface area contributed by atoms with Crippen LogP contribution in [0.3, 0.4) is 0 Å². The third kappa shape index (κ3) is 7710. The summed E-state index contributed by atoms with van der Waals surface area (Å²) in [4.78, 5) is 0. The van der Waals surface area contributed by atoms with Crippen LogP contribution < -0.4 is 69.2 Å². The van der Waals surface area contributed by atoms with Crippen LogP contribution in [0.2, 0.25) is 0 Å². The van der Waals surface area contributed by atoms with Crippen molar-refractivity contribution in [2.24, 2.45) is 0 Å². The Bertz CT molecular complexity index is 86.9. The minimum Gasteiger partial charge on any atom is -0.871 e. The van der Waals surface area contributed by atoms with E-state index < -0.39 is 36.6 Å². The maximum absolute atomic E-state index is 8.53. The summed E-state index contributed by atoms with van der Waals surface area (Å²) in [5, 5.41) is 110. The third-order valence-electron chi connectivity index (χ3n) is 0. The molecule has 0 saturated heterocycles. The van der Waals surface area contributed by atoms with Crippen LogP contribution in [0, 0.1) is 0 Å². The van der Waals surface area contributed by atoms with Gasteiger partial charge in [-0.15, -0.1) is 0 Å². The van der Waals surface area contributed by atoms with Crippen molar-refractivity contribution < 1.29 is 162 Å². The van der Waals surface area contributed by atoms with Crippen molar-refractivity contribution in [2.75, 3.05) is 0 Å². The second kappa shape index (κ2) is 70.9. The molecule has 20 nitrogen and oxygen atoms in total. The predicted molar refractivity (Wildman–Crippen MR) is 75.7 cm³/mol. The van der Waals surface area contributed by atoms with E-state index in [1.165, 1.54) is 0 Å². The summed E-state index contributed by atoms with van der Waals surface area (Å²) in [6.45, 7) is 0. The van der Waals surface area contributed by atoms with Crippen molar-refractivity contribution in [3.8, 4) is 0 Å². The van der Waals surface area contributed by atoms with Crippen LogP contribution >= 0.6 is 0 Å². The molecule has 27 heavy (non-hydrogen) atoms. The van der Waals surface area contributed by atoms with Crippen LogP contribution in [-0.2, 0) is 0 Å². The molecule has 0 saturated carbocycles. The molecule has 0 atom stereocenters. The first-order chi connectivity index (χ1) is 8.66. The smallest absolute Gasteiger partial charge is 0.871 e. The minimum atomic E-state index is -2.67. The van der Waals surface area contributed by atoms with Crippen LogP contribution in [0.4, 0.5) is 0 Å². The van der Waals surface area contributed by atoms with Gasteiger partial charge in [-0.25, -0.2) is 0 Å². The predicted octanol–water partition coefficient (Wildman–Crippen LogP) is -21.6. The van der Waals surface area contributed by atoms with Gasteiger partial charge >= 0.3 is 88.4 Å². The average Bonchev–Trinajstić information content (AvgIpc) is 1.94. The summed E-state index contributed by atoms with van der Waals surface area (Å²) in [6.07, 6.45) is 0. The molecule has 0 aromatic heterocycles. The van der Waals surface area contributed by atoms with Crippen molar-refractivity contribution in [2.45, 2.75) is 0 Å². The van der Waals surface area contributed by atoms with Crippen LogP contribution in [0.15, 0.2) is 0 Å². The summed E-state index contributed by atoms with van der Waals surface area (Å²) >= 11 is 0. The fourth-order valence-electron chi connectivity index (χ4n) is 0. The third-order valence-corrected chi connectivity index (χ3v) is 0. The topological polar surface area (TPSA) is 467 Å². The molecule has 0 aromatic rings. The minimum absolute atomic E-state index is 0. The summed E-state index contributed by atoms with van der Waals surface area (Å²) in [5.74, 6) is 0. The Morgan fingerprint density at radius 3 is 0.333 bits per heavy atom. The van der Waals surface area contributed by atoms with E-state index in [4.69, 9.17) is 75.4 Å². The van der Waals surface area contributed by atoms with E-state index in [0.717, 1.165) is 0 Å².